The third-order valence-corrected chi connectivity index (χ3v) is 5.19. The predicted octanol–water partition coefficient (Wildman–Crippen LogP) is 2.85. The van der Waals surface area contributed by atoms with Gasteiger partial charge in [0.05, 0.1) is 12.3 Å². The number of imidazole rings is 1. The van der Waals surface area contributed by atoms with E-state index in [1.807, 2.05) is 42.9 Å². The maximum absolute atomic E-state index is 12.0. The van der Waals surface area contributed by atoms with E-state index in [-0.39, 0.29) is 12.0 Å². The number of fused-ring (bicyclic) bond motifs is 1. The van der Waals surface area contributed by atoms with Crippen LogP contribution in [-0.2, 0) is 11.2 Å². The second-order valence-corrected chi connectivity index (χ2v) is 8.53. The van der Waals surface area contributed by atoms with Crippen LogP contribution in [0.4, 0.5) is 4.79 Å². The van der Waals surface area contributed by atoms with Crippen LogP contribution in [-0.4, -0.2) is 39.3 Å². The normalized spacial score (nSPS) is 17.7. The zero-order chi connectivity index (χ0) is 17.4. The van der Waals surface area contributed by atoms with Crippen molar-refractivity contribution in [2.45, 2.75) is 45.6 Å². The molecule has 7 heteroatoms. The van der Waals surface area contributed by atoms with Crippen LogP contribution in [0.15, 0.2) is 17.8 Å². The van der Waals surface area contributed by atoms with Crippen molar-refractivity contribution in [3.8, 4) is 0 Å². The van der Waals surface area contributed by atoms with Crippen LogP contribution < -0.4 is 5.32 Å². The van der Waals surface area contributed by atoms with Crippen LogP contribution in [0.2, 0.25) is 0 Å². The number of amides is 1. The fourth-order valence-corrected chi connectivity index (χ4v) is 3.79. The molecule has 0 saturated heterocycles. The Morgan fingerprint density at radius 1 is 1.50 bits per heavy atom. The standard InChI is InChI=1S/C17H25N3O3S/c1-16(2,3)23-15(22)18-10-17(11-21,12-4-5-12)8-13-9-20-6-7-24-14(20)19-13/h6-7,9,12,21H,4-5,8,10-11H2,1-3H3,(H,18,22). The summed E-state index contributed by atoms with van der Waals surface area (Å²) in [5, 5.41) is 14.9. The number of nitrogens with one attached hydrogen (secondary N) is 1. The van der Waals surface area contributed by atoms with Gasteiger partial charge in [-0.2, -0.15) is 0 Å². The molecule has 0 aliphatic heterocycles. The summed E-state index contributed by atoms with van der Waals surface area (Å²) in [6.45, 7) is 5.94. The maximum Gasteiger partial charge on any atom is 0.407 e. The van der Waals surface area contributed by atoms with E-state index < -0.39 is 11.7 Å². The molecular weight excluding hydrogens is 326 g/mol. The number of alkyl carbamates (subject to hydrolysis) is 1. The van der Waals surface area contributed by atoms with Gasteiger partial charge < -0.3 is 15.2 Å². The molecule has 0 spiro atoms. The number of aliphatic hydroxyl groups excluding tert-OH is 1. The molecule has 1 amide bonds. The first kappa shape index (κ1) is 17.2. The van der Waals surface area contributed by atoms with E-state index in [1.165, 1.54) is 0 Å². The average Bonchev–Trinajstić information content (AvgIpc) is 3.14. The molecule has 1 aliphatic rings. The van der Waals surface area contributed by atoms with Crippen molar-refractivity contribution in [3.63, 3.8) is 0 Å². The van der Waals surface area contributed by atoms with Gasteiger partial charge in [0.25, 0.3) is 0 Å². The molecule has 24 heavy (non-hydrogen) atoms. The van der Waals surface area contributed by atoms with Crippen LogP contribution in [0, 0.1) is 11.3 Å². The number of ether oxygens (including phenoxy) is 1. The second-order valence-electron chi connectivity index (χ2n) is 7.65. The lowest BCUT2D eigenvalue weighted by molar-refractivity contribution is 0.0438. The van der Waals surface area contributed by atoms with E-state index in [2.05, 4.69) is 10.3 Å². The summed E-state index contributed by atoms with van der Waals surface area (Å²) in [5.41, 5.74) is 0.0505. The quantitative estimate of drug-likeness (QED) is 0.839. The van der Waals surface area contributed by atoms with Gasteiger partial charge in [-0.05, 0) is 39.5 Å². The van der Waals surface area contributed by atoms with Gasteiger partial charge in [-0.1, -0.05) is 0 Å². The number of nitrogens with zero attached hydrogens (tertiary/aromatic N) is 2. The van der Waals surface area contributed by atoms with Crippen LogP contribution >= 0.6 is 11.3 Å². The molecule has 6 nitrogen and oxygen atoms in total. The highest BCUT2D eigenvalue weighted by molar-refractivity contribution is 7.15. The van der Waals surface area contributed by atoms with Crippen molar-refractivity contribution >= 4 is 22.4 Å². The lowest BCUT2D eigenvalue weighted by Crippen LogP contribution is -2.44. The third kappa shape index (κ3) is 3.89. The Labute approximate surface area is 145 Å². The SMILES string of the molecule is CC(C)(C)OC(=O)NCC(CO)(Cc1cn2ccsc2n1)C1CC1. The fraction of sp³-hybridized carbons (Fsp3) is 0.647. The Morgan fingerprint density at radius 2 is 2.25 bits per heavy atom. The first-order chi connectivity index (χ1) is 11.3. The zero-order valence-corrected chi connectivity index (χ0v) is 15.2. The van der Waals surface area contributed by atoms with Crippen LogP contribution in [0.1, 0.15) is 39.3 Å². The van der Waals surface area contributed by atoms with Crippen LogP contribution in [0.3, 0.4) is 0 Å². The van der Waals surface area contributed by atoms with E-state index >= 15 is 0 Å². The van der Waals surface area contributed by atoms with E-state index in [0.29, 0.717) is 18.9 Å². The zero-order valence-electron chi connectivity index (χ0n) is 14.4. The molecule has 1 atom stereocenters. The first-order valence-corrected chi connectivity index (χ1v) is 9.18. The number of rotatable bonds is 6. The lowest BCUT2D eigenvalue weighted by Gasteiger charge is -2.32. The molecule has 2 aromatic rings. The molecule has 3 rings (SSSR count). The minimum absolute atomic E-state index is 0.0264. The number of aliphatic hydroxyl groups is 1. The van der Waals surface area contributed by atoms with Gasteiger partial charge in [0.1, 0.15) is 5.60 Å². The molecule has 1 saturated carbocycles. The van der Waals surface area contributed by atoms with Crippen molar-refractivity contribution in [2.24, 2.45) is 11.3 Å². The number of aromatic nitrogens is 2. The minimum Gasteiger partial charge on any atom is -0.444 e. The van der Waals surface area contributed by atoms with Crippen LogP contribution in [0.25, 0.3) is 4.96 Å². The fourth-order valence-electron chi connectivity index (χ4n) is 3.07. The van der Waals surface area contributed by atoms with Gasteiger partial charge in [0.2, 0.25) is 0 Å². The summed E-state index contributed by atoms with van der Waals surface area (Å²) in [6.07, 6.45) is 6.36. The molecule has 1 unspecified atom stereocenters. The lowest BCUT2D eigenvalue weighted by atomic mass is 9.79. The Hall–Kier alpha value is -1.60. The number of hydrogen-bond donors (Lipinski definition) is 2. The third-order valence-electron chi connectivity index (χ3n) is 4.42. The van der Waals surface area contributed by atoms with Gasteiger partial charge in [-0.3, -0.25) is 4.40 Å². The molecule has 2 aromatic heterocycles. The summed E-state index contributed by atoms with van der Waals surface area (Å²) < 4.78 is 7.31. The smallest absolute Gasteiger partial charge is 0.407 e. The summed E-state index contributed by atoms with van der Waals surface area (Å²) in [4.78, 5) is 17.6. The van der Waals surface area contributed by atoms with Crippen molar-refractivity contribution < 1.29 is 14.6 Å². The highest BCUT2D eigenvalue weighted by Gasteiger charge is 2.45. The van der Waals surface area contributed by atoms with E-state index in [9.17, 15) is 9.90 Å². The van der Waals surface area contributed by atoms with Gasteiger partial charge in [-0.15, -0.1) is 11.3 Å². The monoisotopic (exact) mass is 351 g/mol. The van der Waals surface area contributed by atoms with E-state index in [4.69, 9.17) is 4.74 Å². The van der Waals surface area contributed by atoms with Crippen molar-refractivity contribution in [1.82, 2.24) is 14.7 Å². The highest BCUT2D eigenvalue weighted by Crippen LogP contribution is 2.47. The molecular formula is C17H25N3O3S. The van der Waals surface area contributed by atoms with Gasteiger partial charge in [0, 0.05) is 36.2 Å². The number of carbonyl (C=O) groups excluding carboxylic acids is 1. The topological polar surface area (TPSA) is 75.9 Å². The first-order valence-electron chi connectivity index (χ1n) is 8.30. The van der Waals surface area contributed by atoms with Gasteiger partial charge in [-0.25, -0.2) is 9.78 Å². The highest BCUT2D eigenvalue weighted by atomic mass is 32.1. The largest absolute Gasteiger partial charge is 0.444 e. The average molecular weight is 351 g/mol. The Bertz CT molecular complexity index is 686. The summed E-state index contributed by atoms with van der Waals surface area (Å²) in [7, 11) is 0. The Morgan fingerprint density at radius 3 is 2.83 bits per heavy atom. The molecule has 1 fully saturated rings. The van der Waals surface area contributed by atoms with Crippen molar-refractivity contribution in [1.29, 1.82) is 0 Å². The molecule has 2 heterocycles. The summed E-state index contributed by atoms with van der Waals surface area (Å²) in [6, 6.07) is 0. The second kappa shape index (κ2) is 6.37. The molecule has 0 radical (unpaired) electrons. The van der Waals surface area contributed by atoms with Gasteiger partial charge >= 0.3 is 6.09 Å². The molecule has 0 aromatic carbocycles. The Kier molecular flexibility index (Phi) is 4.57. The van der Waals surface area contributed by atoms with Crippen molar-refractivity contribution in [2.75, 3.05) is 13.2 Å². The maximum atomic E-state index is 12.0. The molecule has 132 valence electrons. The van der Waals surface area contributed by atoms with Gasteiger partial charge in [0.15, 0.2) is 4.96 Å². The number of carbonyl (C=O) groups is 1. The predicted molar refractivity (Wildman–Crippen MR) is 93.3 cm³/mol. The molecule has 1 aliphatic carbocycles. The summed E-state index contributed by atoms with van der Waals surface area (Å²) >= 11 is 1.59. The Balaban J connectivity index is 1.70. The molecule has 0 bridgehead atoms. The van der Waals surface area contributed by atoms with Crippen molar-refractivity contribution in [3.05, 3.63) is 23.5 Å². The number of hydrogen-bond acceptors (Lipinski definition) is 5. The van der Waals surface area contributed by atoms with E-state index in [0.717, 1.165) is 23.5 Å². The number of thiazole rings is 1. The summed E-state index contributed by atoms with van der Waals surface area (Å²) in [5.74, 6) is 0.414. The van der Waals surface area contributed by atoms with E-state index in [1.54, 1.807) is 11.3 Å². The molecule has 2 N–H and O–H groups in total. The van der Waals surface area contributed by atoms with Crippen LogP contribution in [0.5, 0.6) is 0 Å². The minimum atomic E-state index is -0.528.